The molecular formula is C18H23Cl2N2O+. The van der Waals surface area contributed by atoms with Crippen molar-refractivity contribution < 1.29 is 10.1 Å². The van der Waals surface area contributed by atoms with E-state index in [0.29, 0.717) is 27.8 Å². The Bertz CT molecular complexity index is 596. The molecule has 5 rings (SSSR count). The van der Waals surface area contributed by atoms with Crippen LogP contribution in [0.15, 0.2) is 18.2 Å². The number of carbonyl (C=O) groups is 1. The van der Waals surface area contributed by atoms with Gasteiger partial charge < -0.3 is 10.6 Å². The Morgan fingerprint density at radius 3 is 2.35 bits per heavy atom. The maximum absolute atomic E-state index is 12.3. The second-order valence-electron chi connectivity index (χ2n) is 7.86. The van der Waals surface area contributed by atoms with Crippen molar-refractivity contribution in [3.8, 4) is 0 Å². The lowest BCUT2D eigenvalue weighted by molar-refractivity contribution is -0.729. The molecule has 3 nitrogen and oxygen atoms in total. The second-order valence-corrected chi connectivity index (χ2v) is 8.70. The fraction of sp³-hybridized carbons (Fsp3) is 0.611. The molecular weight excluding hydrogens is 331 g/mol. The number of hydrogen-bond donors (Lipinski definition) is 2. The first-order valence-electron chi connectivity index (χ1n) is 8.61. The van der Waals surface area contributed by atoms with E-state index in [9.17, 15) is 4.79 Å². The molecule has 0 aliphatic heterocycles. The van der Waals surface area contributed by atoms with E-state index in [2.05, 4.69) is 10.6 Å². The minimum atomic E-state index is 0.00455. The summed E-state index contributed by atoms with van der Waals surface area (Å²) in [6.45, 7) is 0.467. The third kappa shape index (κ3) is 3.24. The van der Waals surface area contributed by atoms with Crippen molar-refractivity contribution >= 4 is 34.8 Å². The normalized spacial score (nSPS) is 34.6. The van der Waals surface area contributed by atoms with Crippen LogP contribution in [0.2, 0.25) is 10.0 Å². The van der Waals surface area contributed by atoms with Crippen LogP contribution in [-0.2, 0) is 4.79 Å². The predicted octanol–water partition coefficient (Wildman–Crippen LogP) is 3.46. The number of anilines is 1. The summed E-state index contributed by atoms with van der Waals surface area (Å²) >= 11 is 12.1. The van der Waals surface area contributed by atoms with Crippen molar-refractivity contribution in [2.75, 3.05) is 11.9 Å². The minimum absolute atomic E-state index is 0.00455. The van der Waals surface area contributed by atoms with Crippen LogP contribution >= 0.6 is 23.2 Å². The predicted molar refractivity (Wildman–Crippen MR) is 92.8 cm³/mol. The summed E-state index contributed by atoms with van der Waals surface area (Å²) in [5, 5.41) is 6.31. The molecule has 0 atom stereocenters. The first-order valence-corrected chi connectivity index (χ1v) is 9.36. The van der Waals surface area contributed by atoms with Crippen molar-refractivity contribution in [1.82, 2.24) is 0 Å². The average Bonchev–Trinajstić information content (AvgIpc) is 2.48. The van der Waals surface area contributed by atoms with Crippen molar-refractivity contribution in [2.24, 2.45) is 17.8 Å². The maximum Gasteiger partial charge on any atom is 0.279 e. The van der Waals surface area contributed by atoms with Gasteiger partial charge in [-0.1, -0.05) is 23.2 Å². The SMILES string of the molecule is O=C(C[NH2+]C12CC3CC(CC(C3)C1)C2)Nc1cc(Cl)ccc1Cl. The summed E-state index contributed by atoms with van der Waals surface area (Å²) in [5.41, 5.74) is 0.924. The molecule has 5 heteroatoms. The molecule has 4 aliphatic carbocycles. The second kappa shape index (κ2) is 5.94. The Labute approximate surface area is 147 Å². The van der Waals surface area contributed by atoms with Gasteiger partial charge in [0.15, 0.2) is 6.54 Å². The summed E-state index contributed by atoms with van der Waals surface area (Å²) in [5.74, 6) is 2.72. The van der Waals surface area contributed by atoms with E-state index < -0.39 is 0 Å². The smallest absolute Gasteiger partial charge is 0.279 e. The number of benzene rings is 1. The number of halogens is 2. The van der Waals surface area contributed by atoms with Gasteiger partial charge in [-0.3, -0.25) is 4.79 Å². The molecule has 4 bridgehead atoms. The Hall–Kier alpha value is -0.770. The monoisotopic (exact) mass is 353 g/mol. The van der Waals surface area contributed by atoms with Crippen LogP contribution in [0.4, 0.5) is 5.69 Å². The highest BCUT2D eigenvalue weighted by Crippen LogP contribution is 2.54. The quantitative estimate of drug-likeness (QED) is 0.855. The van der Waals surface area contributed by atoms with Crippen molar-refractivity contribution in [1.29, 1.82) is 0 Å². The van der Waals surface area contributed by atoms with Crippen LogP contribution in [-0.4, -0.2) is 18.0 Å². The van der Waals surface area contributed by atoms with Gasteiger partial charge in [0.05, 0.1) is 16.2 Å². The summed E-state index contributed by atoms with van der Waals surface area (Å²) in [4.78, 5) is 12.3. The molecule has 4 saturated carbocycles. The van der Waals surface area contributed by atoms with Crippen LogP contribution in [0.1, 0.15) is 38.5 Å². The zero-order valence-corrected chi connectivity index (χ0v) is 14.7. The van der Waals surface area contributed by atoms with Crippen molar-refractivity contribution in [2.45, 2.75) is 44.1 Å². The molecule has 4 fully saturated rings. The van der Waals surface area contributed by atoms with E-state index in [-0.39, 0.29) is 5.91 Å². The van der Waals surface area contributed by atoms with Crippen LogP contribution in [0.5, 0.6) is 0 Å². The molecule has 1 aromatic rings. The molecule has 0 spiro atoms. The number of rotatable bonds is 4. The zero-order valence-electron chi connectivity index (χ0n) is 13.2. The van der Waals surface area contributed by atoms with Gasteiger partial charge in [-0.05, 0) is 55.2 Å². The number of quaternary nitrogens is 1. The number of hydrogen-bond acceptors (Lipinski definition) is 1. The molecule has 0 heterocycles. The van der Waals surface area contributed by atoms with Gasteiger partial charge in [-0.2, -0.15) is 0 Å². The van der Waals surface area contributed by atoms with Crippen LogP contribution in [0.3, 0.4) is 0 Å². The van der Waals surface area contributed by atoms with Gasteiger partial charge in [0.1, 0.15) is 0 Å². The topological polar surface area (TPSA) is 45.7 Å². The van der Waals surface area contributed by atoms with Crippen molar-refractivity contribution in [3.05, 3.63) is 28.2 Å². The van der Waals surface area contributed by atoms with Crippen LogP contribution < -0.4 is 10.6 Å². The molecule has 124 valence electrons. The molecule has 4 aliphatic rings. The maximum atomic E-state index is 12.3. The Balaban J connectivity index is 1.37. The Morgan fingerprint density at radius 1 is 1.13 bits per heavy atom. The van der Waals surface area contributed by atoms with Gasteiger partial charge in [-0.15, -0.1) is 0 Å². The molecule has 0 saturated heterocycles. The average molecular weight is 354 g/mol. The largest absolute Gasteiger partial charge is 0.334 e. The number of nitrogens with one attached hydrogen (secondary N) is 1. The van der Waals surface area contributed by atoms with Gasteiger partial charge in [0.2, 0.25) is 0 Å². The fourth-order valence-corrected chi connectivity index (χ4v) is 5.87. The van der Waals surface area contributed by atoms with Crippen molar-refractivity contribution in [3.63, 3.8) is 0 Å². The van der Waals surface area contributed by atoms with E-state index in [1.807, 2.05) is 0 Å². The van der Waals surface area contributed by atoms with E-state index >= 15 is 0 Å². The fourth-order valence-electron chi connectivity index (χ4n) is 5.53. The van der Waals surface area contributed by atoms with Crippen LogP contribution in [0.25, 0.3) is 0 Å². The lowest BCUT2D eigenvalue weighted by atomic mass is 9.53. The molecule has 0 radical (unpaired) electrons. The molecule has 0 aromatic heterocycles. The van der Waals surface area contributed by atoms with E-state index in [1.54, 1.807) is 18.2 Å². The lowest BCUT2D eigenvalue weighted by Gasteiger charge is -2.54. The summed E-state index contributed by atoms with van der Waals surface area (Å²) in [7, 11) is 0. The highest BCUT2D eigenvalue weighted by Gasteiger charge is 2.53. The first-order chi connectivity index (χ1) is 11.0. The number of nitrogens with two attached hydrogens (primary N) is 1. The van der Waals surface area contributed by atoms with Gasteiger partial charge in [-0.25, -0.2) is 0 Å². The lowest BCUT2D eigenvalue weighted by Crippen LogP contribution is -3.00. The molecule has 3 N–H and O–H groups in total. The van der Waals surface area contributed by atoms with E-state index in [1.165, 1.54) is 38.5 Å². The standard InChI is InChI=1S/C18H22Cl2N2O/c19-14-1-2-15(20)16(6-14)22-17(23)10-21-18-7-11-3-12(8-18)5-13(4-11)9-18/h1-2,6,11-13,21H,3-5,7-10H2,(H,22,23)/p+1. The van der Waals surface area contributed by atoms with Gasteiger partial charge in [0, 0.05) is 24.3 Å². The first kappa shape index (κ1) is 15.7. The molecule has 1 aromatic carbocycles. The van der Waals surface area contributed by atoms with Gasteiger partial charge in [0.25, 0.3) is 5.91 Å². The highest BCUT2D eigenvalue weighted by atomic mass is 35.5. The van der Waals surface area contributed by atoms with Gasteiger partial charge >= 0.3 is 0 Å². The Kier molecular flexibility index (Phi) is 4.07. The molecule has 0 unspecified atom stereocenters. The summed E-state index contributed by atoms with van der Waals surface area (Å²) in [6.07, 6.45) is 8.17. The summed E-state index contributed by atoms with van der Waals surface area (Å²) in [6, 6.07) is 5.13. The van der Waals surface area contributed by atoms with Crippen LogP contribution in [0, 0.1) is 17.8 Å². The molecule has 1 amide bonds. The number of carbonyl (C=O) groups excluding carboxylic acids is 1. The third-order valence-electron chi connectivity index (χ3n) is 6.01. The Morgan fingerprint density at radius 2 is 1.74 bits per heavy atom. The number of amides is 1. The minimum Gasteiger partial charge on any atom is -0.334 e. The van der Waals surface area contributed by atoms with E-state index in [4.69, 9.17) is 23.2 Å². The van der Waals surface area contributed by atoms with E-state index in [0.717, 1.165) is 17.8 Å². The third-order valence-corrected chi connectivity index (χ3v) is 6.57. The summed E-state index contributed by atoms with van der Waals surface area (Å²) < 4.78 is 0. The zero-order chi connectivity index (χ0) is 16.0. The highest BCUT2D eigenvalue weighted by molar-refractivity contribution is 6.35. The molecule has 23 heavy (non-hydrogen) atoms.